The topological polar surface area (TPSA) is 118 Å². The lowest BCUT2D eigenvalue weighted by atomic mass is 10.3. The number of nitrogens with zero attached hydrogens (tertiary/aromatic N) is 2. The molecule has 0 saturated carbocycles. The minimum atomic E-state index is -0.445. The molecule has 1 aromatic carbocycles. The molecular formula is C15H13BrN6O2. The van der Waals surface area contributed by atoms with Crippen LogP contribution in [-0.4, -0.2) is 15.9 Å². The summed E-state index contributed by atoms with van der Waals surface area (Å²) in [4.78, 5) is 19.9. The lowest BCUT2D eigenvalue weighted by Crippen LogP contribution is -2.30. The van der Waals surface area contributed by atoms with Crippen molar-refractivity contribution in [2.75, 3.05) is 16.5 Å². The van der Waals surface area contributed by atoms with Crippen LogP contribution >= 0.6 is 15.9 Å². The monoisotopic (exact) mass is 388 g/mol. The predicted molar refractivity (Wildman–Crippen MR) is 93.7 cm³/mol. The number of furan rings is 1. The molecule has 1 amide bonds. The van der Waals surface area contributed by atoms with Gasteiger partial charge in [0.2, 0.25) is 0 Å². The summed E-state index contributed by atoms with van der Waals surface area (Å²) in [6.07, 6.45) is 2.74. The molecule has 3 rings (SSSR count). The number of hydrogen-bond acceptors (Lipinski definition) is 7. The smallest absolute Gasteiger partial charge is 0.305 e. The number of carbonyl (C=O) groups is 1. The molecular weight excluding hydrogens is 376 g/mol. The quantitative estimate of drug-likeness (QED) is 0.496. The van der Waals surface area contributed by atoms with Crippen molar-refractivity contribution in [3.05, 3.63) is 59.2 Å². The largest absolute Gasteiger partial charge is 0.459 e. The van der Waals surface area contributed by atoms with E-state index in [-0.39, 0.29) is 17.3 Å². The normalized spacial score (nSPS) is 10.2. The summed E-state index contributed by atoms with van der Waals surface area (Å²) in [5, 5.41) is 3.09. The molecule has 0 atom stereocenters. The number of anilines is 4. The first-order chi connectivity index (χ1) is 11.6. The molecule has 0 fully saturated rings. The Morgan fingerprint density at radius 3 is 2.75 bits per heavy atom. The summed E-state index contributed by atoms with van der Waals surface area (Å²) in [5.41, 5.74) is 12.2. The van der Waals surface area contributed by atoms with E-state index in [2.05, 4.69) is 42.1 Å². The molecule has 24 heavy (non-hydrogen) atoms. The Morgan fingerprint density at radius 2 is 2.00 bits per heavy atom. The summed E-state index contributed by atoms with van der Waals surface area (Å²) in [6, 6.07) is 10.7. The Bertz CT molecular complexity index is 853. The van der Waals surface area contributed by atoms with Crippen molar-refractivity contribution in [3.8, 4) is 0 Å². The third kappa shape index (κ3) is 3.63. The van der Waals surface area contributed by atoms with E-state index in [1.807, 2.05) is 24.3 Å². The van der Waals surface area contributed by atoms with E-state index in [9.17, 15) is 4.79 Å². The lowest BCUT2D eigenvalue weighted by Gasteiger charge is -2.12. The average Bonchev–Trinajstić information content (AvgIpc) is 3.10. The zero-order chi connectivity index (χ0) is 16.9. The van der Waals surface area contributed by atoms with Gasteiger partial charge in [0, 0.05) is 10.2 Å². The third-order valence-corrected chi connectivity index (χ3v) is 3.50. The van der Waals surface area contributed by atoms with Gasteiger partial charge >= 0.3 is 5.91 Å². The van der Waals surface area contributed by atoms with E-state index in [0.717, 1.165) is 10.2 Å². The highest BCUT2D eigenvalue weighted by atomic mass is 79.9. The SMILES string of the molecule is Nc1c(NNC(=O)c2ccco2)ncnc1Nc1cccc(Br)c1. The summed E-state index contributed by atoms with van der Waals surface area (Å²) in [7, 11) is 0. The van der Waals surface area contributed by atoms with E-state index in [4.69, 9.17) is 10.2 Å². The molecule has 0 bridgehead atoms. The molecule has 3 aromatic rings. The van der Waals surface area contributed by atoms with Crippen LogP contribution in [0.25, 0.3) is 0 Å². The summed E-state index contributed by atoms with van der Waals surface area (Å²) >= 11 is 3.40. The number of nitrogens with one attached hydrogen (secondary N) is 3. The van der Waals surface area contributed by atoms with E-state index < -0.39 is 5.91 Å². The Balaban J connectivity index is 1.72. The van der Waals surface area contributed by atoms with Crippen LogP contribution in [-0.2, 0) is 0 Å². The van der Waals surface area contributed by atoms with Gasteiger partial charge in [-0.15, -0.1) is 0 Å². The molecule has 9 heteroatoms. The van der Waals surface area contributed by atoms with Crippen LogP contribution in [0.4, 0.5) is 23.0 Å². The van der Waals surface area contributed by atoms with Crippen LogP contribution in [0.15, 0.2) is 57.9 Å². The molecule has 0 unspecified atom stereocenters. The molecule has 0 saturated heterocycles. The van der Waals surface area contributed by atoms with Crippen molar-refractivity contribution in [2.24, 2.45) is 0 Å². The van der Waals surface area contributed by atoms with Crippen LogP contribution < -0.4 is 21.9 Å². The van der Waals surface area contributed by atoms with E-state index in [1.165, 1.54) is 12.6 Å². The minimum Gasteiger partial charge on any atom is -0.459 e. The zero-order valence-electron chi connectivity index (χ0n) is 12.3. The summed E-state index contributed by atoms with van der Waals surface area (Å²) < 4.78 is 5.92. The van der Waals surface area contributed by atoms with Crippen molar-refractivity contribution < 1.29 is 9.21 Å². The molecule has 5 N–H and O–H groups in total. The van der Waals surface area contributed by atoms with E-state index >= 15 is 0 Å². The molecule has 122 valence electrons. The molecule has 2 heterocycles. The summed E-state index contributed by atoms with van der Waals surface area (Å²) in [6.45, 7) is 0. The number of nitrogens with two attached hydrogens (primary N) is 1. The van der Waals surface area contributed by atoms with Crippen molar-refractivity contribution in [1.82, 2.24) is 15.4 Å². The molecule has 0 aliphatic heterocycles. The van der Waals surface area contributed by atoms with Gasteiger partial charge in [-0.05, 0) is 30.3 Å². The number of hydrogen-bond donors (Lipinski definition) is 4. The number of aromatic nitrogens is 2. The zero-order valence-corrected chi connectivity index (χ0v) is 13.9. The first-order valence-electron chi connectivity index (χ1n) is 6.86. The van der Waals surface area contributed by atoms with Crippen LogP contribution in [0.3, 0.4) is 0 Å². The number of hydrazine groups is 1. The van der Waals surface area contributed by atoms with Crippen molar-refractivity contribution >= 4 is 44.8 Å². The van der Waals surface area contributed by atoms with Crippen LogP contribution in [0.1, 0.15) is 10.6 Å². The highest BCUT2D eigenvalue weighted by Crippen LogP contribution is 2.26. The molecule has 0 aliphatic carbocycles. The second-order valence-electron chi connectivity index (χ2n) is 4.68. The van der Waals surface area contributed by atoms with Crippen molar-refractivity contribution in [1.29, 1.82) is 0 Å². The molecule has 0 radical (unpaired) electrons. The van der Waals surface area contributed by atoms with Crippen molar-refractivity contribution in [3.63, 3.8) is 0 Å². The lowest BCUT2D eigenvalue weighted by molar-refractivity contribution is 0.0935. The van der Waals surface area contributed by atoms with Gasteiger partial charge in [-0.2, -0.15) is 0 Å². The number of benzene rings is 1. The Kier molecular flexibility index (Phi) is 4.62. The first-order valence-corrected chi connectivity index (χ1v) is 7.65. The van der Waals surface area contributed by atoms with Crippen molar-refractivity contribution in [2.45, 2.75) is 0 Å². The van der Waals surface area contributed by atoms with Gasteiger partial charge < -0.3 is 15.5 Å². The first kappa shape index (κ1) is 15.8. The van der Waals surface area contributed by atoms with Gasteiger partial charge in [-0.3, -0.25) is 15.6 Å². The van der Waals surface area contributed by atoms with E-state index in [0.29, 0.717) is 5.82 Å². The number of rotatable bonds is 5. The van der Waals surface area contributed by atoms with E-state index in [1.54, 1.807) is 12.1 Å². The Labute approximate surface area is 145 Å². The molecule has 2 aromatic heterocycles. The van der Waals surface area contributed by atoms with Gasteiger partial charge in [0.05, 0.1) is 6.26 Å². The fraction of sp³-hybridized carbons (Fsp3) is 0. The minimum absolute atomic E-state index is 0.169. The maximum atomic E-state index is 11.8. The van der Waals surface area contributed by atoms with Gasteiger partial charge in [-0.1, -0.05) is 22.0 Å². The Hall–Kier alpha value is -3.07. The number of halogens is 1. The van der Waals surface area contributed by atoms with Crippen LogP contribution in [0, 0.1) is 0 Å². The second-order valence-corrected chi connectivity index (χ2v) is 5.59. The van der Waals surface area contributed by atoms with Gasteiger partial charge in [0.1, 0.15) is 12.0 Å². The second kappa shape index (κ2) is 7.01. The molecule has 0 aliphatic rings. The predicted octanol–water partition coefficient (Wildman–Crippen LogP) is 2.91. The molecule has 0 spiro atoms. The fourth-order valence-corrected chi connectivity index (χ4v) is 2.28. The van der Waals surface area contributed by atoms with Gasteiger partial charge in [-0.25, -0.2) is 9.97 Å². The summed E-state index contributed by atoms with van der Waals surface area (Å²) in [5.74, 6) is 0.405. The highest BCUT2D eigenvalue weighted by Gasteiger charge is 2.11. The highest BCUT2D eigenvalue weighted by molar-refractivity contribution is 9.10. The third-order valence-electron chi connectivity index (χ3n) is 3.01. The maximum Gasteiger partial charge on any atom is 0.305 e. The number of amides is 1. The Morgan fingerprint density at radius 1 is 1.17 bits per heavy atom. The van der Waals surface area contributed by atoms with Gasteiger partial charge in [0.15, 0.2) is 17.4 Å². The molecule has 8 nitrogen and oxygen atoms in total. The number of carbonyl (C=O) groups excluding carboxylic acids is 1. The van der Waals surface area contributed by atoms with Crippen LogP contribution in [0.2, 0.25) is 0 Å². The average molecular weight is 389 g/mol. The standard InChI is InChI=1S/C15H13BrN6O2/c16-9-3-1-4-10(7-9)20-13-12(17)14(19-8-18-13)21-22-15(23)11-5-2-6-24-11/h1-8H,17H2,(H,22,23)(H2,18,19,20,21). The number of nitrogen functional groups attached to an aromatic ring is 1. The van der Waals surface area contributed by atoms with Crippen LogP contribution in [0.5, 0.6) is 0 Å². The van der Waals surface area contributed by atoms with Gasteiger partial charge in [0.25, 0.3) is 0 Å². The fourth-order valence-electron chi connectivity index (χ4n) is 1.88. The maximum absolute atomic E-state index is 11.8.